The monoisotopic (exact) mass is 237 g/mol. The minimum absolute atomic E-state index is 0.408. The summed E-state index contributed by atoms with van der Waals surface area (Å²) in [5.74, 6) is 4.93. The molecule has 1 saturated heterocycles. The van der Waals surface area contributed by atoms with Gasteiger partial charge in [-0.25, -0.2) is 0 Å². The van der Waals surface area contributed by atoms with Crippen LogP contribution in [0.15, 0.2) is 30.3 Å². The van der Waals surface area contributed by atoms with E-state index >= 15 is 0 Å². The Morgan fingerprint density at radius 2 is 2.11 bits per heavy atom. The van der Waals surface area contributed by atoms with E-state index in [9.17, 15) is 0 Å². The van der Waals surface area contributed by atoms with E-state index in [1.54, 1.807) is 0 Å². The van der Waals surface area contributed by atoms with Crippen LogP contribution in [0.2, 0.25) is 0 Å². The van der Waals surface area contributed by atoms with Gasteiger partial charge in [0, 0.05) is 6.54 Å². The number of hydrogen-bond acceptors (Lipinski definition) is 1. The highest BCUT2D eigenvalue weighted by atomic mass is 15.4. The maximum atomic E-state index is 5.75. The molecule has 0 N–H and O–H groups in total. The Balaban J connectivity index is 1.55. The van der Waals surface area contributed by atoms with Crippen LogP contribution < -0.4 is 0 Å². The number of fused-ring (bicyclic) bond motifs is 2. The molecule has 1 aliphatic heterocycles. The Labute approximate surface area is 109 Å². The first-order valence-corrected chi connectivity index (χ1v) is 7.13. The average Bonchev–Trinajstić information content (AvgIpc) is 2.86. The quantitative estimate of drug-likeness (QED) is 0.564. The minimum Gasteiger partial charge on any atom is -0.275 e. The third-order valence-corrected chi connectivity index (χ3v) is 5.50. The van der Waals surface area contributed by atoms with E-state index in [0.717, 1.165) is 18.4 Å². The molecule has 1 heterocycles. The highest BCUT2D eigenvalue weighted by molar-refractivity contribution is 5.37. The van der Waals surface area contributed by atoms with Crippen molar-refractivity contribution in [2.24, 2.45) is 11.8 Å². The highest BCUT2D eigenvalue weighted by Crippen LogP contribution is 2.67. The molecule has 92 valence electrons. The number of rotatable bonds is 2. The van der Waals surface area contributed by atoms with Gasteiger partial charge in [0.15, 0.2) is 0 Å². The third kappa shape index (κ3) is 1.22. The van der Waals surface area contributed by atoms with Crippen molar-refractivity contribution < 1.29 is 0 Å². The number of nitrogens with zero attached hydrogens (tertiary/aromatic N) is 1. The van der Waals surface area contributed by atoms with Crippen LogP contribution in [0.3, 0.4) is 0 Å². The Hall–Kier alpha value is -1.26. The van der Waals surface area contributed by atoms with Crippen LogP contribution in [-0.4, -0.2) is 16.5 Å². The first kappa shape index (κ1) is 10.6. The number of benzene rings is 1. The predicted octanol–water partition coefficient (Wildman–Crippen LogP) is 3.06. The molecule has 2 saturated carbocycles. The van der Waals surface area contributed by atoms with E-state index in [1.807, 2.05) is 0 Å². The van der Waals surface area contributed by atoms with Crippen molar-refractivity contribution in [2.45, 2.75) is 43.8 Å². The summed E-state index contributed by atoms with van der Waals surface area (Å²) in [6.45, 7) is 1.04. The van der Waals surface area contributed by atoms with Gasteiger partial charge in [0.2, 0.25) is 0 Å². The Morgan fingerprint density at radius 1 is 1.28 bits per heavy atom. The molecule has 3 fully saturated rings. The fourth-order valence-electron chi connectivity index (χ4n) is 4.65. The normalized spacial score (nSPS) is 44.2. The van der Waals surface area contributed by atoms with Crippen LogP contribution in [0.5, 0.6) is 0 Å². The fraction of sp³-hybridized carbons (Fsp3) is 0.529. The summed E-state index contributed by atoms with van der Waals surface area (Å²) in [7, 11) is 0. The number of hydrogen-bond donors (Lipinski definition) is 0. The molecule has 2 aliphatic carbocycles. The second-order valence-corrected chi connectivity index (χ2v) is 6.18. The first-order valence-electron chi connectivity index (χ1n) is 7.13. The first-order chi connectivity index (χ1) is 8.86. The molecule has 4 rings (SSSR count). The van der Waals surface area contributed by atoms with E-state index in [2.05, 4.69) is 41.2 Å². The van der Waals surface area contributed by atoms with Gasteiger partial charge in [0.25, 0.3) is 0 Å². The Morgan fingerprint density at radius 3 is 2.83 bits per heavy atom. The molecule has 18 heavy (non-hydrogen) atoms. The van der Waals surface area contributed by atoms with Gasteiger partial charge in [-0.05, 0) is 30.2 Å². The maximum absolute atomic E-state index is 5.75. The molecular weight excluding hydrogens is 218 g/mol. The summed E-state index contributed by atoms with van der Waals surface area (Å²) in [5, 5.41) is 0. The van der Waals surface area contributed by atoms with Crippen LogP contribution in [-0.2, 0) is 6.54 Å². The predicted molar refractivity (Wildman–Crippen MR) is 72.8 cm³/mol. The molecule has 3 aliphatic rings. The minimum atomic E-state index is 0.408. The number of terminal acetylenes is 1. The molecule has 1 nitrogen and oxygen atoms in total. The van der Waals surface area contributed by atoms with Crippen LogP contribution in [0.4, 0.5) is 0 Å². The highest BCUT2D eigenvalue weighted by Gasteiger charge is 2.73. The van der Waals surface area contributed by atoms with E-state index in [4.69, 9.17) is 6.42 Å². The van der Waals surface area contributed by atoms with Gasteiger partial charge in [-0.2, -0.15) is 0 Å². The van der Waals surface area contributed by atoms with Crippen LogP contribution in [0.1, 0.15) is 31.2 Å². The summed E-state index contributed by atoms with van der Waals surface area (Å²) in [5.41, 5.74) is 1.81. The lowest BCUT2D eigenvalue weighted by molar-refractivity contribution is 0.0947. The lowest BCUT2D eigenvalue weighted by Gasteiger charge is -2.42. The zero-order chi connectivity index (χ0) is 12.2. The molecule has 0 bridgehead atoms. The van der Waals surface area contributed by atoms with Crippen molar-refractivity contribution in [2.75, 3.05) is 0 Å². The standard InChI is InChI=1S/C17H19N/c1-2-16-17(11-14-9-6-10-15(14)17)18(16)12-13-7-4-3-5-8-13/h1,3-5,7-8,14-16H,6,9-12H2/t14-,15-,16+,17+,18?/m0/s1. The van der Waals surface area contributed by atoms with E-state index < -0.39 is 0 Å². The van der Waals surface area contributed by atoms with Gasteiger partial charge in [-0.3, -0.25) is 4.90 Å². The van der Waals surface area contributed by atoms with Gasteiger partial charge in [0.05, 0.1) is 11.6 Å². The van der Waals surface area contributed by atoms with Crippen LogP contribution >= 0.6 is 0 Å². The van der Waals surface area contributed by atoms with E-state index in [0.29, 0.717) is 11.6 Å². The van der Waals surface area contributed by atoms with Crippen molar-refractivity contribution in [1.29, 1.82) is 0 Å². The molecule has 1 aromatic rings. The summed E-state index contributed by atoms with van der Waals surface area (Å²) < 4.78 is 0. The molecule has 0 aromatic heterocycles. The zero-order valence-corrected chi connectivity index (χ0v) is 10.7. The second-order valence-electron chi connectivity index (χ2n) is 6.18. The largest absolute Gasteiger partial charge is 0.275 e. The summed E-state index contributed by atoms with van der Waals surface area (Å²) >= 11 is 0. The SMILES string of the molecule is C#C[C@H]1N(Cc2ccccc2)[C@@]12C[C@@H]1CCC[C@@H]12. The molecule has 1 spiro atoms. The molecule has 0 amide bonds. The summed E-state index contributed by atoms with van der Waals surface area (Å²) in [6.07, 6.45) is 11.4. The lowest BCUT2D eigenvalue weighted by Crippen LogP contribution is -2.45. The summed E-state index contributed by atoms with van der Waals surface area (Å²) in [4.78, 5) is 2.58. The Bertz CT molecular complexity index is 500. The second kappa shape index (κ2) is 3.62. The van der Waals surface area contributed by atoms with Gasteiger partial charge >= 0.3 is 0 Å². The van der Waals surface area contributed by atoms with Crippen molar-refractivity contribution in [3.8, 4) is 12.3 Å². The third-order valence-electron chi connectivity index (χ3n) is 5.50. The lowest BCUT2D eigenvalue weighted by atomic mass is 9.64. The van der Waals surface area contributed by atoms with E-state index in [1.165, 1.54) is 31.2 Å². The van der Waals surface area contributed by atoms with Crippen molar-refractivity contribution in [3.63, 3.8) is 0 Å². The topological polar surface area (TPSA) is 3.01 Å². The average molecular weight is 237 g/mol. The Kier molecular flexibility index (Phi) is 2.14. The smallest absolute Gasteiger partial charge is 0.0910 e. The van der Waals surface area contributed by atoms with E-state index in [-0.39, 0.29) is 0 Å². The molecule has 1 heteroatoms. The molecular formula is C17H19N. The summed E-state index contributed by atoms with van der Waals surface area (Å²) in [6, 6.07) is 11.2. The van der Waals surface area contributed by atoms with Gasteiger partial charge < -0.3 is 0 Å². The van der Waals surface area contributed by atoms with Gasteiger partial charge in [-0.15, -0.1) is 6.42 Å². The molecule has 0 radical (unpaired) electrons. The molecule has 1 unspecified atom stereocenters. The van der Waals surface area contributed by atoms with Crippen molar-refractivity contribution >= 4 is 0 Å². The molecule has 5 atom stereocenters. The van der Waals surface area contributed by atoms with Crippen molar-refractivity contribution in [1.82, 2.24) is 4.90 Å². The zero-order valence-electron chi connectivity index (χ0n) is 10.7. The van der Waals surface area contributed by atoms with Crippen LogP contribution in [0.25, 0.3) is 0 Å². The van der Waals surface area contributed by atoms with Crippen LogP contribution in [0, 0.1) is 24.2 Å². The van der Waals surface area contributed by atoms with Gasteiger partial charge in [0.1, 0.15) is 0 Å². The van der Waals surface area contributed by atoms with Gasteiger partial charge in [-0.1, -0.05) is 49.1 Å². The fourth-order valence-corrected chi connectivity index (χ4v) is 4.65. The van der Waals surface area contributed by atoms with Crippen molar-refractivity contribution in [3.05, 3.63) is 35.9 Å². The maximum Gasteiger partial charge on any atom is 0.0910 e. The molecule has 1 aromatic carbocycles.